The molecule has 0 spiro atoms. The van der Waals surface area contributed by atoms with Crippen LogP contribution in [0.25, 0.3) is 11.1 Å². The molecule has 0 aliphatic rings. The molecule has 0 saturated carbocycles. The van der Waals surface area contributed by atoms with Crippen LogP contribution in [-0.4, -0.2) is 17.2 Å². The lowest BCUT2D eigenvalue weighted by Gasteiger charge is -2.13. The topological polar surface area (TPSA) is 70.3 Å². The average molecular weight is 289 g/mol. The van der Waals surface area contributed by atoms with Gasteiger partial charge in [0.05, 0.1) is 11.6 Å². The Labute approximate surface area is 118 Å². The quantitative estimate of drug-likeness (QED) is 0.937. The highest BCUT2D eigenvalue weighted by Crippen LogP contribution is 2.26. The first kappa shape index (κ1) is 14.5. The lowest BCUT2D eigenvalue weighted by Crippen LogP contribution is -2.34. The molecule has 21 heavy (non-hydrogen) atoms. The van der Waals surface area contributed by atoms with Gasteiger partial charge in [0.15, 0.2) is 0 Å². The van der Waals surface area contributed by atoms with Crippen molar-refractivity contribution in [2.45, 2.75) is 6.11 Å². The summed E-state index contributed by atoms with van der Waals surface area (Å²) >= 11 is 0. The Hall–Kier alpha value is -2.94. The van der Waals surface area contributed by atoms with Crippen LogP contribution in [0.5, 0.6) is 5.75 Å². The van der Waals surface area contributed by atoms with Gasteiger partial charge >= 0.3 is 12.1 Å². The Balaban J connectivity index is 2.19. The van der Waals surface area contributed by atoms with Gasteiger partial charge in [-0.1, -0.05) is 24.3 Å². The molecule has 0 aliphatic carbocycles. The fraction of sp³-hybridized carbons (Fsp3) is 0.0667. The fourth-order valence-electron chi connectivity index (χ4n) is 1.64. The van der Waals surface area contributed by atoms with E-state index >= 15 is 0 Å². The maximum Gasteiger partial charge on any atom is 0.501 e. The number of nitriles is 1. The van der Waals surface area contributed by atoms with Gasteiger partial charge < -0.3 is 9.84 Å². The highest BCUT2D eigenvalue weighted by Gasteiger charge is 2.42. The van der Waals surface area contributed by atoms with Gasteiger partial charge in [-0.2, -0.15) is 14.0 Å². The van der Waals surface area contributed by atoms with Gasteiger partial charge in [0.25, 0.3) is 0 Å². The number of carboxylic acid groups (broad SMARTS) is 1. The van der Waals surface area contributed by atoms with Crippen molar-refractivity contribution in [3.63, 3.8) is 0 Å². The van der Waals surface area contributed by atoms with E-state index in [1.807, 2.05) is 6.07 Å². The summed E-state index contributed by atoms with van der Waals surface area (Å²) in [6, 6.07) is 14.3. The average Bonchev–Trinajstić information content (AvgIpc) is 2.48. The Morgan fingerprint density at radius 1 is 1.05 bits per heavy atom. The maximum atomic E-state index is 12.9. The molecule has 0 heterocycles. The molecule has 0 fully saturated rings. The molecule has 0 aromatic heterocycles. The molecule has 0 atom stereocenters. The number of halogens is 2. The lowest BCUT2D eigenvalue weighted by molar-refractivity contribution is -0.210. The van der Waals surface area contributed by atoms with Crippen LogP contribution in [0.4, 0.5) is 8.78 Å². The van der Waals surface area contributed by atoms with E-state index in [2.05, 4.69) is 4.74 Å². The number of hydrogen-bond acceptors (Lipinski definition) is 3. The molecule has 2 rings (SSSR count). The largest absolute Gasteiger partial charge is 0.501 e. The minimum atomic E-state index is -4.27. The van der Waals surface area contributed by atoms with Gasteiger partial charge in [-0.15, -0.1) is 0 Å². The molecule has 106 valence electrons. The molecule has 0 aliphatic heterocycles. The Bertz CT molecular complexity index is 688. The van der Waals surface area contributed by atoms with E-state index in [-0.39, 0.29) is 5.75 Å². The summed E-state index contributed by atoms with van der Waals surface area (Å²) < 4.78 is 29.9. The first-order valence-electron chi connectivity index (χ1n) is 5.83. The number of benzene rings is 2. The summed E-state index contributed by atoms with van der Waals surface area (Å²) in [5.74, 6) is -2.60. The van der Waals surface area contributed by atoms with Crippen molar-refractivity contribution >= 4 is 5.97 Å². The number of alkyl halides is 2. The number of carbonyl (C=O) groups is 1. The van der Waals surface area contributed by atoms with Crippen molar-refractivity contribution in [1.29, 1.82) is 5.26 Å². The first-order chi connectivity index (χ1) is 9.92. The Kier molecular flexibility index (Phi) is 3.85. The number of hydrogen-bond donors (Lipinski definition) is 1. The minimum Gasteiger partial charge on any atom is -0.474 e. The molecule has 6 heteroatoms. The van der Waals surface area contributed by atoms with Crippen LogP contribution in [0.15, 0.2) is 48.5 Å². The van der Waals surface area contributed by atoms with Crippen molar-refractivity contribution < 1.29 is 23.4 Å². The molecule has 0 bridgehead atoms. The SMILES string of the molecule is N#Cc1ccc(-c2ccc(OC(F)(F)C(=O)O)cc2)cc1. The second kappa shape index (κ2) is 5.59. The second-order valence-electron chi connectivity index (χ2n) is 4.14. The van der Waals surface area contributed by atoms with Crippen molar-refractivity contribution in [2.75, 3.05) is 0 Å². The van der Waals surface area contributed by atoms with Crippen LogP contribution in [0.2, 0.25) is 0 Å². The zero-order valence-corrected chi connectivity index (χ0v) is 10.6. The van der Waals surface area contributed by atoms with Gasteiger partial charge in [0, 0.05) is 0 Å². The van der Waals surface area contributed by atoms with Crippen molar-refractivity contribution in [3.8, 4) is 22.9 Å². The van der Waals surface area contributed by atoms with Crippen molar-refractivity contribution in [2.24, 2.45) is 0 Å². The van der Waals surface area contributed by atoms with E-state index in [0.29, 0.717) is 5.56 Å². The van der Waals surface area contributed by atoms with E-state index in [1.54, 1.807) is 24.3 Å². The van der Waals surface area contributed by atoms with Gasteiger partial charge in [-0.3, -0.25) is 0 Å². The molecule has 4 nitrogen and oxygen atoms in total. The molecule has 0 saturated heterocycles. The van der Waals surface area contributed by atoms with E-state index < -0.39 is 12.1 Å². The number of carboxylic acids is 1. The fourth-order valence-corrected chi connectivity index (χ4v) is 1.64. The van der Waals surface area contributed by atoms with Crippen LogP contribution in [0.3, 0.4) is 0 Å². The number of aliphatic carboxylic acids is 1. The van der Waals surface area contributed by atoms with Gasteiger partial charge in [0.1, 0.15) is 5.75 Å². The second-order valence-corrected chi connectivity index (χ2v) is 4.14. The third-order valence-corrected chi connectivity index (χ3v) is 2.70. The zero-order chi connectivity index (χ0) is 15.5. The third-order valence-electron chi connectivity index (χ3n) is 2.70. The van der Waals surface area contributed by atoms with Gasteiger partial charge in [-0.05, 0) is 35.4 Å². The monoisotopic (exact) mass is 289 g/mol. The molecular formula is C15H9F2NO3. The van der Waals surface area contributed by atoms with E-state index in [9.17, 15) is 13.6 Å². The molecule has 2 aromatic carbocycles. The standard InChI is InChI=1S/C15H9F2NO3/c16-15(17,14(19)20)21-13-7-5-12(6-8-13)11-3-1-10(9-18)2-4-11/h1-8H,(H,19,20). The number of rotatable bonds is 4. The van der Waals surface area contributed by atoms with Crippen LogP contribution in [0, 0.1) is 11.3 Å². The van der Waals surface area contributed by atoms with Gasteiger partial charge in [-0.25, -0.2) is 4.79 Å². The van der Waals surface area contributed by atoms with Crippen molar-refractivity contribution in [3.05, 3.63) is 54.1 Å². The van der Waals surface area contributed by atoms with Crippen LogP contribution >= 0.6 is 0 Å². The molecule has 0 amide bonds. The molecule has 1 N–H and O–H groups in total. The van der Waals surface area contributed by atoms with E-state index in [1.165, 1.54) is 24.3 Å². The van der Waals surface area contributed by atoms with Crippen LogP contribution < -0.4 is 4.74 Å². The first-order valence-corrected chi connectivity index (χ1v) is 5.83. The Morgan fingerprint density at radius 3 is 1.95 bits per heavy atom. The summed E-state index contributed by atoms with van der Waals surface area (Å²) in [7, 11) is 0. The normalized spacial score (nSPS) is 10.7. The highest BCUT2D eigenvalue weighted by molar-refractivity contribution is 5.74. The Morgan fingerprint density at radius 2 is 1.52 bits per heavy atom. The molecular weight excluding hydrogens is 280 g/mol. The summed E-state index contributed by atoms with van der Waals surface area (Å²) in [4.78, 5) is 10.3. The van der Waals surface area contributed by atoms with E-state index in [0.717, 1.165) is 11.1 Å². The van der Waals surface area contributed by atoms with Crippen molar-refractivity contribution in [1.82, 2.24) is 0 Å². The maximum absolute atomic E-state index is 12.9. The zero-order valence-electron chi connectivity index (χ0n) is 10.6. The lowest BCUT2D eigenvalue weighted by atomic mass is 10.0. The summed E-state index contributed by atoms with van der Waals surface area (Å²) in [6.07, 6.45) is -4.27. The summed E-state index contributed by atoms with van der Waals surface area (Å²) in [5.41, 5.74) is 2.04. The predicted octanol–water partition coefficient (Wildman–Crippen LogP) is 3.28. The van der Waals surface area contributed by atoms with Crippen LogP contribution in [-0.2, 0) is 4.79 Å². The molecule has 2 aromatic rings. The number of nitrogens with zero attached hydrogens (tertiary/aromatic N) is 1. The summed E-state index contributed by atoms with van der Waals surface area (Å²) in [6.45, 7) is 0. The smallest absolute Gasteiger partial charge is 0.474 e. The van der Waals surface area contributed by atoms with Crippen LogP contribution in [0.1, 0.15) is 5.56 Å². The molecule has 0 radical (unpaired) electrons. The van der Waals surface area contributed by atoms with E-state index in [4.69, 9.17) is 10.4 Å². The third kappa shape index (κ3) is 3.34. The highest BCUT2D eigenvalue weighted by atomic mass is 19.3. The number of ether oxygens (including phenoxy) is 1. The summed E-state index contributed by atoms with van der Waals surface area (Å²) in [5, 5.41) is 17.0. The minimum absolute atomic E-state index is 0.250. The van der Waals surface area contributed by atoms with Gasteiger partial charge in [0.2, 0.25) is 0 Å². The molecule has 0 unspecified atom stereocenters. The predicted molar refractivity (Wildman–Crippen MR) is 69.8 cm³/mol.